The molecule has 1 unspecified atom stereocenters. The van der Waals surface area contributed by atoms with Gasteiger partial charge in [-0.25, -0.2) is 4.39 Å². The lowest BCUT2D eigenvalue weighted by atomic mass is 10.1. The normalized spacial score (nSPS) is 12.2. The maximum atomic E-state index is 13.0. The molecule has 0 fully saturated rings. The van der Waals surface area contributed by atoms with Crippen LogP contribution in [0.1, 0.15) is 18.1 Å². The van der Waals surface area contributed by atoms with E-state index >= 15 is 0 Å². The van der Waals surface area contributed by atoms with Gasteiger partial charge in [0.25, 0.3) is 0 Å². The lowest BCUT2D eigenvalue weighted by Gasteiger charge is -2.11. The molecule has 0 saturated carbocycles. The van der Waals surface area contributed by atoms with E-state index in [9.17, 15) is 9.18 Å². The van der Waals surface area contributed by atoms with E-state index in [0.29, 0.717) is 12.1 Å². The van der Waals surface area contributed by atoms with Crippen molar-refractivity contribution in [2.24, 2.45) is 0 Å². The molecule has 0 aromatic heterocycles. The molecule has 1 rings (SSSR count). The third-order valence-corrected chi connectivity index (χ3v) is 2.39. The summed E-state index contributed by atoms with van der Waals surface area (Å²) in [5.74, 6) is -0.524. The number of ether oxygens (including phenoxy) is 1. The number of methoxy groups -OCH3 is 1. The van der Waals surface area contributed by atoms with E-state index in [-0.39, 0.29) is 17.8 Å². The Kier molecular flexibility index (Phi) is 4.43. The van der Waals surface area contributed by atoms with E-state index in [4.69, 9.17) is 0 Å². The maximum absolute atomic E-state index is 13.0. The SMILES string of the molecule is COC(=O)C(C)NCc1ccc(F)c(C)c1. The Morgan fingerprint density at radius 3 is 2.81 bits per heavy atom. The predicted octanol–water partition coefficient (Wildman–Crippen LogP) is 1.79. The highest BCUT2D eigenvalue weighted by Crippen LogP contribution is 2.09. The first-order valence-corrected chi connectivity index (χ1v) is 5.11. The molecule has 1 atom stereocenters. The van der Waals surface area contributed by atoms with Crippen LogP contribution >= 0.6 is 0 Å². The monoisotopic (exact) mass is 225 g/mol. The molecule has 0 radical (unpaired) electrons. The molecule has 0 heterocycles. The van der Waals surface area contributed by atoms with E-state index in [1.165, 1.54) is 13.2 Å². The van der Waals surface area contributed by atoms with Gasteiger partial charge in [-0.05, 0) is 31.0 Å². The fraction of sp³-hybridized carbons (Fsp3) is 0.417. The lowest BCUT2D eigenvalue weighted by molar-refractivity contribution is -0.142. The lowest BCUT2D eigenvalue weighted by Crippen LogP contribution is -2.34. The number of hydrogen-bond acceptors (Lipinski definition) is 3. The summed E-state index contributed by atoms with van der Waals surface area (Å²) in [5, 5.41) is 3.00. The Balaban J connectivity index is 2.55. The van der Waals surface area contributed by atoms with Crippen LogP contribution in [0.25, 0.3) is 0 Å². The van der Waals surface area contributed by atoms with Gasteiger partial charge in [0.1, 0.15) is 11.9 Å². The fourth-order valence-corrected chi connectivity index (χ4v) is 1.35. The minimum absolute atomic E-state index is 0.218. The van der Waals surface area contributed by atoms with Gasteiger partial charge in [-0.3, -0.25) is 4.79 Å². The molecule has 0 aliphatic rings. The number of aryl methyl sites for hydroxylation is 1. The molecular formula is C12H16FNO2. The van der Waals surface area contributed by atoms with Crippen molar-refractivity contribution in [3.8, 4) is 0 Å². The molecule has 0 bridgehead atoms. The third-order valence-electron chi connectivity index (χ3n) is 2.39. The molecule has 3 nitrogen and oxygen atoms in total. The zero-order valence-electron chi connectivity index (χ0n) is 9.71. The van der Waals surface area contributed by atoms with Crippen LogP contribution in [0.2, 0.25) is 0 Å². The van der Waals surface area contributed by atoms with E-state index in [1.807, 2.05) is 0 Å². The van der Waals surface area contributed by atoms with Crippen LogP contribution in [0.5, 0.6) is 0 Å². The molecule has 0 aliphatic heterocycles. The van der Waals surface area contributed by atoms with Gasteiger partial charge in [-0.1, -0.05) is 12.1 Å². The van der Waals surface area contributed by atoms with Gasteiger partial charge in [-0.2, -0.15) is 0 Å². The van der Waals surface area contributed by atoms with Gasteiger partial charge in [-0.15, -0.1) is 0 Å². The van der Waals surface area contributed by atoms with Crippen molar-refractivity contribution in [3.05, 3.63) is 35.1 Å². The van der Waals surface area contributed by atoms with Crippen molar-refractivity contribution in [2.45, 2.75) is 26.4 Å². The van der Waals surface area contributed by atoms with Crippen molar-refractivity contribution in [1.82, 2.24) is 5.32 Å². The second-order valence-electron chi connectivity index (χ2n) is 3.71. The predicted molar refractivity (Wildman–Crippen MR) is 59.5 cm³/mol. The first-order chi connectivity index (χ1) is 7.54. The summed E-state index contributed by atoms with van der Waals surface area (Å²) in [6, 6.07) is 4.51. The standard InChI is InChI=1S/C12H16FNO2/c1-8-6-10(4-5-11(8)13)7-14-9(2)12(15)16-3/h4-6,9,14H,7H2,1-3H3. The number of carbonyl (C=O) groups is 1. The number of benzene rings is 1. The zero-order valence-corrected chi connectivity index (χ0v) is 9.71. The van der Waals surface area contributed by atoms with Gasteiger partial charge in [0.15, 0.2) is 0 Å². The minimum Gasteiger partial charge on any atom is -0.468 e. The van der Waals surface area contributed by atoms with Crippen LogP contribution in [0.3, 0.4) is 0 Å². The fourth-order valence-electron chi connectivity index (χ4n) is 1.35. The highest BCUT2D eigenvalue weighted by atomic mass is 19.1. The molecule has 16 heavy (non-hydrogen) atoms. The first kappa shape index (κ1) is 12.6. The van der Waals surface area contributed by atoms with Crippen LogP contribution in [-0.4, -0.2) is 19.1 Å². The van der Waals surface area contributed by atoms with Crippen molar-refractivity contribution in [1.29, 1.82) is 0 Å². The average Bonchev–Trinajstić information content (AvgIpc) is 2.29. The number of rotatable bonds is 4. The smallest absolute Gasteiger partial charge is 0.322 e. The second-order valence-corrected chi connectivity index (χ2v) is 3.71. The molecule has 1 aromatic rings. The Morgan fingerprint density at radius 1 is 1.56 bits per heavy atom. The number of esters is 1. The molecular weight excluding hydrogens is 209 g/mol. The van der Waals surface area contributed by atoms with Crippen molar-refractivity contribution in [2.75, 3.05) is 7.11 Å². The summed E-state index contributed by atoms with van der Waals surface area (Å²) in [5.41, 5.74) is 1.54. The van der Waals surface area contributed by atoms with Crippen molar-refractivity contribution in [3.63, 3.8) is 0 Å². The largest absolute Gasteiger partial charge is 0.468 e. The van der Waals surface area contributed by atoms with Gasteiger partial charge in [0, 0.05) is 6.54 Å². The summed E-state index contributed by atoms with van der Waals surface area (Å²) in [6.45, 7) is 3.95. The molecule has 88 valence electrons. The Morgan fingerprint density at radius 2 is 2.25 bits per heavy atom. The van der Waals surface area contributed by atoms with E-state index in [0.717, 1.165) is 5.56 Å². The van der Waals surface area contributed by atoms with Crippen LogP contribution in [-0.2, 0) is 16.1 Å². The summed E-state index contributed by atoms with van der Waals surface area (Å²) in [4.78, 5) is 11.1. The molecule has 0 saturated heterocycles. The van der Waals surface area contributed by atoms with Gasteiger partial charge < -0.3 is 10.1 Å². The molecule has 0 amide bonds. The molecule has 0 aliphatic carbocycles. The van der Waals surface area contributed by atoms with E-state index in [1.54, 1.807) is 26.0 Å². The number of halogens is 1. The molecule has 4 heteroatoms. The van der Waals surface area contributed by atoms with E-state index < -0.39 is 0 Å². The Bertz CT molecular complexity index is 379. The van der Waals surface area contributed by atoms with Crippen LogP contribution in [0.4, 0.5) is 4.39 Å². The highest BCUT2D eigenvalue weighted by Gasteiger charge is 2.11. The average molecular weight is 225 g/mol. The maximum Gasteiger partial charge on any atom is 0.322 e. The second kappa shape index (κ2) is 5.61. The summed E-state index contributed by atoms with van der Waals surface area (Å²) < 4.78 is 17.6. The van der Waals surface area contributed by atoms with Crippen molar-refractivity contribution >= 4 is 5.97 Å². The topological polar surface area (TPSA) is 38.3 Å². The molecule has 1 N–H and O–H groups in total. The highest BCUT2D eigenvalue weighted by molar-refractivity contribution is 5.75. The molecule has 1 aromatic carbocycles. The third kappa shape index (κ3) is 3.31. The van der Waals surface area contributed by atoms with Crippen LogP contribution < -0.4 is 5.32 Å². The van der Waals surface area contributed by atoms with Crippen LogP contribution in [0, 0.1) is 12.7 Å². The Hall–Kier alpha value is -1.42. The zero-order chi connectivity index (χ0) is 12.1. The molecule has 0 spiro atoms. The number of nitrogens with one attached hydrogen (secondary N) is 1. The number of carbonyl (C=O) groups excluding carboxylic acids is 1. The van der Waals surface area contributed by atoms with Gasteiger partial charge >= 0.3 is 5.97 Å². The first-order valence-electron chi connectivity index (χ1n) is 5.11. The summed E-state index contributed by atoms with van der Waals surface area (Å²) in [7, 11) is 1.35. The quantitative estimate of drug-likeness (QED) is 0.794. The summed E-state index contributed by atoms with van der Waals surface area (Å²) in [6.07, 6.45) is 0. The van der Waals surface area contributed by atoms with Gasteiger partial charge in [0.2, 0.25) is 0 Å². The number of hydrogen-bond donors (Lipinski definition) is 1. The van der Waals surface area contributed by atoms with E-state index in [2.05, 4.69) is 10.1 Å². The Labute approximate surface area is 94.6 Å². The minimum atomic E-state index is -0.365. The van der Waals surface area contributed by atoms with Crippen LogP contribution in [0.15, 0.2) is 18.2 Å². The van der Waals surface area contributed by atoms with Crippen molar-refractivity contribution < 1.29 is 13.9 Å². The summed E-state index contributed by atoms with van der Waals surface area (Å²) >= 11 is 0. The van der Waals surface area contributed by atoms with Gasteiger partial charge in [0.05, 0.1) is 7.11 Å².